The van der Waals surface area contributed by atoms with Gasteiger partial charge in [0.15, 0.2) is 0 Å². The molecule has 0 spiro atoms. The molecule has 0 unspecified atom stereocenters. The van der Waals surface area contributed by atoms with E-state index in [-0.39, 0.29) is 5.41 Å². The topological polar surface area (TPSA) is 26.3 Å². The molecule has 2 nitrogen and oxygen atoms in total. The van der Waals surface area contributed by atoms with Gasteiger partial charge in [0.1, 0.15) is 22.3 Å². The van der Waals surface area contributed by atoms with Gasteiger partial charge in [-0.2, -0.15) is 0 Å². The number of hydrogen-bond acceptors (Lipinski definition) is 2. The number of rotatable bonds is 2. The van der Waals surface area contributed by atoms with Crippen molar-refractivity contribution < 1.29 is 8.83 Å². The summed E-state index contributed by atoms with van der Waals surface area (Å²) >= 11 is 0. The van der Waals surface area contributed by atoms with Gasteiger partial charge in [-0.3, -0.25) is 0 Å². The molecule has 1 aliphatic rings. The molecule has 0 fully saturated rings. The lowest BCUT2D eigenvalue weighted by molar-refractivity contribution is 0.660. The third-order valence-corrected chi connectivity index (χ3v) is 12.0. The first kappa shape index (κ1) is 29.0. The molecule has 2 heteroatoms. The Morgan fingerprint density at radius 3 is 1.77 bits per heavy atom. The summed E-state index contributed by atoms with van der Waals surface area (Å²) in [5.41, 5.74) is 13.6. The fraction of sp³-hybridized carbons (Fsp3) is 0.0588. The zero-order chi connectivity index (χ0) is 35.0. The van der Waals surface area contributed by atoms with Gasteiger partial charge < -0.3 is 8.83 Å². The van der Waals surface area contributed by atoms with Crippen molar-refractivity contribution in [2.45, 2.75) is 19.3 Å². The zero-order valence-electron chi connectivity index (χ0n) is 29.3. The van der Waals surface area contributed by atoms with Gasteiger partial charge in [0, 0.05) is 38.1 Å². The van der Waals surface area contributed by atoms with E-state index in [1.54, 1.807) is 0 Å². The maximum Gasteiger partial charge on any atom is 0.147 e. The second-order valence-electron chi connectivity index (χ2n) is 15.1. The molecule has 9 aromatic carbocycles. The van der Waals surface area contributed by atoms with E-state index in [4.69, 9.17) is 8.83 Å². The van der Waals surface area contributed by atoms with E-state index < -0.39 is 0 Å². The van der Waals surface area contributed by atoms with Crippen LogP contribution < -0.4 is 0 Å². The fourth-order valence-electron chi connectivity index (χ4n) is 9.64. The van der Waals surface area contributed by atoms with Crippen LogP contribution in [0, 0.1) is 0 Å². The van der Waals surface area contributed by atoms with Crippen LogP contribution in [0.3, 0.4) is 0 Å². The third-order valence-electron chi connectivity index (χ3n) is 12.0. The highest BCUT2D eigenvalue weighted by Crippen LogP contribution is 2.53. The van der Waals surface area contributed by atoms with Gasteiger partial charge in [-0.05, 0) is 84.6 Å². The minimum atomic E-state index is -0.0440. The molecule has 0 radical (unpaired) electrons. The standard InChI is InChI=1S/C51H32O2/c1-51(2)42-21-11-9-15-32(42)39-27-30(24-26-43(39)51)45-34-17-5-7-19-36(34)46(37-20-8-6-18-35(37)45)41-28-40-33-16-10-12-22-44(33)52-49(40)47-38-25-23-29-13-3-4-14-31(29)48(38)53-50(41)47/h3-28H,1-2H3. The summed E-state index contributed by atoms with van der Waals surface area (Å²) in [5.74, 6) is 0. The average Bonchev–Trinajstić information content (AvgIpc) is 3.85. The summed E-state index contributed by atoms with van der Waals surface area (Å²) in [6, 6.07) is 57.4. The molecule has 0 saturated heterocycles. The Hall–Kier alpha value is -6.64. The fourth-order valence-corrected chi connectivity index (χ4v) is 9.64. The van der Waals surface area contributed by atoms with E-state index in [1.165, 1.54) is 60.5 Å². The quantitative estimate of drug-likeness (QED) is 0.170. The molecule has 248 valence electrons. The summed E-state index contributed by atoms with van der Waals surface area (Å²) in [6.07, 6.45) is 0. The number of hydrogen-bond donors (Lipinski definition) is 0. The molecule has 53 heavy (non-hydrogen) atoms. The second-order valence-corrected chi connectivity index (χ2v) is 15.1. The van der Waals surface area contributed by atoms with Gasteiger partial charge >= 0.3 is 0 Å². The first-order chi connectivity index (χ1) is 26.1. The minimum Gasteiger partial charge on any atom is -0.455 e. The molecule has 0 amide bonds. The Labute approximate surface area is 305 Å². The van der Waals surface area contributed by atoms with Crippen LogP contribution in [0.5, 0.6) is 0 Å². The maximum absolute atomic E-state index is 7.11. The van der Waals surface area contributed by atoms with E-state index in [0.717, 1.165) is 60.2 Å². The van der Waals surface area contributed by atoms with E-state index in [1.807, 2.05) is 6.07 Å². The average molecular weight is 677 g/mol. The summed E-state index contributed by atoms with van der Waals surface area (Å²) in [5, 5.41) is 11.4. The molecule has 1 aliphatic carbocycles. The predicted octanol–water partition coefficient (Wildman–Crippen LogP) is 14.6. The number of fused-ring (bicyclic) bond motifs is 14. The molecular weight excluding hydrogens is 645 g/mol. The largest absolute Gasteiger partial charge is 0.455 e. The van der Waals surface area contributed by atoms with Crippen LogP contribution in [0.4, 0.5) is 0 Å². The lowest BCUT2D eigenvalue weighted by Crippen LogP contribution is -2.14. The highest BCUT2D eigenvalue weighted by atomic mass is 16.3. The molecule has 0 bridgehead atoms. The molecule has 11 aromatic rings. The Morgan fingerprint density at radius 2 is 1.00 bits per heavy atom. The van der Waals surface area contributed by atoms with Gasteiger partial charge in [0.2, 0.25) is 0 Å². The molecule has 0 saturated carbocycles. The Morgan fingerprint density at radius 1 is 0.377 bits per heavy atom. The SMILES string of the molecule is CC1(C)c2ccccc2-c2cc(-c3c4ccccc4c(-c4cc5c6ccccc6oc5c5c4oc4c6ccccc6ccc45)c4ccccc34)ccc21. The number of furan rings is 2. The molecule has 0 atom stereocenters. The lowest BCUT2D eigenvalue weighted by Gasteiger charge is -2.22. The smallest absolute Gasteiger partial charge is 0.147 e. The van der Waals surface area contributed by atoms with Gasteiger partial charge in [0.25, 0.3) is 0 Å². The van der Waals surface area contributed by atoms with Crippen molar-refractivity contribution in [2.75, 3.05) is 0 Å². The first-order valence-electron chi connectivity index (χ1n) is 18.4. The molecule has 0 aliphatic heterocycles. The van der Waals surface area contributed by atoms with Crippen LogP contribution in [-0.4, -0.2) is 0 Å². The maximum atomic E-state index is 7.11. The molecule has 12 rings (SSSR count). The Balaban J connectivity index is 1.23. The highest BCUT2D eigenvalue weighted by molar-refractivity contribution is 6.31. The van der Waals surface area contributed by atoms with Crippen molar-refractivity contribution in [3.05, 3.63) is 169 Å². The van der Waals surface area contributed by atoms with Gasteiger partial charge in [-0.15, -0.1) is 0 Å². The monoisotopic (exact) mass is 676 g/mol. The summed E-state index contributed by atoms with van der Waals surface area (Å²) in [6.45, 7) is 4.69. The summed E-state index contributed by atoms with van der Waals surface area (Å²) in [4.78, 5) is 0. The van der Waals surface area contributed by atoms with E-state index in [9.17, 15) is 0 Å². The van der Waals surface area contributed by atoms with Gasteiger partial charge in [-0.1, -0.05) is 147 Å². The Bertz CT molecular complexity index is 3310. The Kier molecular flexibility index (Phi) is 5.60. The number of para-hydroxylation sites is 1. The van der Waals surface area contributed by atoms with Crippen molar-refractivity contribution in [3.63, 3.8) is 0 Å². The van der Waals surface area contributed by atoms with Crippen LogP contribution in [0.15, 0.2) is 167 Å². The zero-order valence-corrected chi connectivity index (χ0v) is 29.3. The molecule has 2 heterocycles. The third kappa shape index (κ3) is 3.77. The van der Waals surface area contributed by atoms with Crippen molar-refractivity contribution >= 4 is 76.2 Å². The van der Waals surface area contributed by atoms with Gasteiger partial charge in [-0.25, -0.2) is 0 Å². The van der Waals surface area contributed by atoms with Crippen molar-refractivity contribution in [3.8, 4) is 33.4 Å². The number of benzene rings is 9. The van der Waals surface area contributed by atoms with Gasteiger partial charge in [0.05, 0.1) is 5.39 Å². The van der Waals surface area contributed by atoms with E-state index in [2.05, 4.69) is 166 Å². The van der Waals surface area contributed by atoms with Crippen LogP contribution >= 0.6 is 0 Å². The van der Waals surface area contributed by atoms with Crippen molar-refractivity contribution in [1.29, 1.82) is 0 Å². The van der Waals surface area contributed by atoms with Crippen LogP contribution in [0.2, 0.25) is 0 Å². The molecule has 2 aromatic heterocycles. The summed E-state index contributed by atoms with van der Waals surface area (Å²) in [7, 11) is 0. The van der Waals surface area contributed by atoms with Crippen LogP contribution in [-0.2, 0) is 5.41 Å². The second kappa shape index (κ2) is 10.2. The van der Waals surface area contributed by atoms with Crippen molar-refractivity contribution in [1.82, 2.24) is 0 Å². The summed E-state index contributed by atoms with van der Waals surface area (Å²) < 4.78 is 13.8. The highest BCUT2D eigenvalue weighted by Gasteiger charge is 2.35. The van der Waals surface area contributed by atoms with Crippen LogP contribution in [0.25, 0.3) is 110 Å². The van der Waals surface area contributed by atoms with E-state index in [0.29, 0.717) is 0 Å². The molecular formula is C51H32O2. The predicted molar refractivity (Wildman–Crippen MR) is 222 cm³/mol. The lowest BCUT2D eigenvalue weighted by atomic mass is 9.81. The van der Waals surface area contributed by atoms with E-state index >= 15 is 0 Å². The molecule has 0 N–H and O–H groups in total. The minimum absolute atomic E-state index is 0.0440. The van der Waals surface area contributed by atoms with Crippen LogP contribution in [0.1, 0.15) is 25.0 Å². The normalized spacial score (nSPS) is 13.6. The first-order valence-corrected chi connectivity index (χ1v) is 18.4. The van der Waals surface area contributed by atoms with Crippen molar-refractivity contribution in [2.24, 2.45) is 0 Å².